The third kappa shape index (κ3) is 3.79. The number of ether oxygens (including phenoxy) is 1. The van der Waals surface area contributed by atoms with Crippen LogP contribution in [-0.4, -0.2) is 17.2 Å². The van der Waals surface area contributed by atoms with E-state index in [9.17, 15) is 9.18 Å². The van der Waals surface area contributed by atoms with Crippen molar-refractivity contribution >= 4 is 5.97 Å². The third-order valence-corrected chi connectivity index (χ3v) is 3.88. The quantitative estimate of drug-likeness (QED) is 0.910. The van der Waals surface area contributed by atoms with Gasteiger partial charge in [0.1, 0.15) is 5.82 Å². The van der Waals surface area contributed by atoms with E-state index in [-0.39, 0.29) is 11.7 Å². The fourth-order valence-electron chi connectivity index (χ4n) is 3.05. The second-order valence-electron chi connectivity index (χ2n) is 5.97. The number of aromatic carboxylic acids is 1. The van der Waals surface area contributed by atoms with Crippen molar-refractivity contribution in [3.63, 3.8) is 0 Å². The Labute approximate surface area is 118 Å². The molecule has 0 aliphatic heterocycles. The first-order valence-electron chi connectivity index (χ1n) is 7.09. The van der Waals surface area contributed by atoms with Crippen LogP contribution in [0.25, 0.3) is 0 Å². The highest BCUT2D eigenvalue weighted by molar-refractivity contribution is 5.87. The van der Waals surface area contributed by atoms with E-state index in [0.717, 1.165) is 12.8 Å². The van der Waals surface area contributed by atoms with Crippen LogP contribution in [0.15, 0.2) is 18.2 Å². The van der Waals surface area contributed by atoms with Gasteiger partial charge in [0, 0.05) is 0 Å². The van der Waals surface area contributed by atoms with Gasteiger partial charge in [-0.2, -0.15) is 0 Å². The normalized spacial score (nSPS) is 26.4. The van der Waals surface area contributed by atoms with Gasteiger partial charge in [0.15, 0.2) is 0 Å². The van der Waals surface area contributed by atoms with Crippen LogP contribution in [-0.2, 0) is 11.3 Å². The summed E-state index contributed by atoms with van der Waals surface area (Å²) >= 11 is 0. The smallest absolute Gasteiger partial charge is 0.338 e. The molecule has 2 unspecified atom stereocenters. The number of carboxylic acid groups (broad SMARTS) is 1. The SMILES string of the molecule is CC1CC(C)CC(OCc2ccc(C(=O)O)c(F)c2)C1. The molecule has 1 N–H and O–H groups in total. The molecular formula is C16H21FO3. The van der Waals surface area contributed by atoms with Crippen LogP contribution in [0.1, 0.15) is 49.0 Å². The van der Waals surface area contributed by atoms with Crippen molar-refractivity contribution < 1.29 is 19.0 Å². The molecule has 110 valence electrons. The van der Waals surface area contributed by atoms with Crippen molar-refractivity contribution in [3.8, 4) is 0 Å². The van der Waals surface area contributed by atoms with E-state index in [0.29, 0.717) is 24.0 Å². The van der Waals surface area contributed by atoms with Crippen LogP contribution in [0.2, 0.25) is 0 Å². The highest BCUT2D eigenvalue weighted by Crippen LogP contribution is 2.30. The molecule has 2 atom stereocenters. The van der Waals surface area contributed by atoms with Gasteiger partial charge < -0.3 is 9.84 Å². The summed E-state index contributed by atoms with van der Waals surface area (Å²) in [5.41, 5.74) is 0.382. The minimum atomic E-state index is -1.25. The lowest BCUT2D eigenvalue weighted by molar-refractivity contribution is -0.00926. The lowest BCUT2D eigenvalue weighted by atomic mass is 9.82. The fraction of sp³-hybridized carbons (Fsp3) is 0.562. The Morgan fingerprint density at radius 1 is 1.30 bits per heavy atom. The Morgan fingerprint density at radius 3 is 2.50 bits per heavy atom. The average Bonchev–Trinajstić information content (AvgIpc) is 2.35. The number of carbonyl (C=O) groups is 1. The molecule has 1 aromatic rings. The molecule has 0 bridgehead atoms. The Bertz CT molecular complexity index is 477. The Hall–Kier alpha value is -1.42. The number of hydrogen-bond acceptors (Lipinski definition) is 2. The lowest BCUT2D eigenvalue weighted by Crippen LogP contribution is -2.26. The van der Waals surface area contributed by atoms with Crippen molar-refractivity contribution in [1.29, 1.82) is 0 Å². The zero-order valence-electron chi connectivity index (χ0n) is 11.9. The highest BCUT2D eigenvalue weighted by Gasteiger charge is 2.24. The summed E-state index contributed by atoms with van der Waals surface area (Å²) in [6, 6.07) is 4.16. The Kier molecular flexibility index (Phi) is 4.76. The van der Waals surface area contributed by atoms with Crippen molar-refractivity contribution in [3.05, 3.63) is 35.1 Å². The van der Waals surface area contributed by atoms with Gasteiger partial charge >= 0.3 is 5.97 Å². The second-order valence-corrected chi connectivity index (χ2v) is 5.97. The first-order chi connectivity index (χ1) is 9.45. The van der Waals surface area contributed by atoms with Crippen LogP contribution >= 0.6 is 0 Å². The minimum absolute atomic E-state index is 0.218. The summed E-state index contributed by atoms with van der Waals surface area (Å²) in [6.45, 7) is 4.79. The van der Waals surface area contributed by atoms with Crippen molar-refractivity contribution in [1.82, 2.24) is 0 Å². The van der Waals surface area contributed by atoms with Crippen LogP contribution in [0.5, 0.6) is 0 Å². The van der Waals surface area contributed by atoms with Crippen LogP contribution in [0, 0.1) is 17.7 Å². The summed E-state index contributed by atoms with van der Waals surface area (Å²) in [7, 11) is 0. The zero-order valence-corrected chi connectivity index (χ0v) is 11.9. The molecule has 1 aromatic carbocycles. The van der Waals surface area contributed by atoms with Gasteiger partial charge in [-0.1, -0.05) is 19.9 Å². The largest absolute Gasteiger partial charge is 0.478 e. The molecule has 1 aliphatic rings. The van der Waals surface area contributed by atoms with Gasteiger partial charge in [-0.15, -0.1) is 0 Å². The molecule has 0 amide bonds. The topological polar surface area (TPSA) is 46.5 Å². The number of rotatable bonds is 4. The maximum absolute atomic E-state index is 13.6. The zero-order chi connectivity index (χ0) is 14.7. The minimum Gasteiger partial charge on any atom is -0.478 e. The van der Waals surface area contributed by atoms with E-state index in [1.165, 1.54) is 18.6 Å². The van der Waals surface area contributed by atoms with Gasteiger partial charge in [0.05, 0.1) is 18.3 Å². The summed E-state index contributed by atoms with van der Waals surface area (Å²) in [6.07, 6.45) is 3.54. The second kappa shape index (κ2) is 6.35. The molecule has 1 aliphatic carbocycles. The average molecular weight is 280 g/mol. The molecule has 0 saturated heterocycles. The molecule has 0 aromatic heterocycles. The first kappa shape index (κ1) is 15.0. The van der Waals surface area contributed by atoms with Crippen molar-refractivity contribution in [2.24, 2.45) is 11.8 Å². The van der Waals surface area contributed by atoms with E-state index in [1.807, 2.05) is 0 Å². The monoisotopic (exact) mass is 280 g/mol. The van der Waals surface area contributed by atoms with Crippen molar-refractivity contribution in [2.45, 2.75) is 45.8 Å². The Balaban J connectivity index is 1.94. The number of halogens is 1. The highest BCUT2D eigenvalue weighted by atomic mass is 19.1. The number of carboxylic acids is 1. The van der Waals surface area contributed by atoms with Gasteiger partial charge in [-0.05, 0) is 48.8 Å². The molecule has 20 heavy (non-hydrogen) atoms. The number of hydrogen-bond donors (Lipinski definition) is 1. The van der Waals surface area contributed by atoms with E-state index >= 15 is 0 Å². The molecule has 0 spiro atoms. The molecular weight excluding hydrogens is 259 g/mol. The van der Waals surface area contributed by atoms with Crippen LogP contribution < -0.4 is 0 Å². The molecule has 0 heterocycles. The van der Waals surface area contributed by atoms with Crippen molar-refractivity contribution in [2.75, 3.05) is 0 Å². The first-order valence-corrected chi connectivity index (χ1v) is 7.09. The van der Waals surface area contributed by atoms with Gasteiger partial charge in [-0.25, -0.2) is 9.18 Å². The van der Waals surface area contributed by atoms with E-state index in [4.69, 9.17) is 9.84 Å². The third-order valence-electron chi connectivity index (χ3n) is 3.88. The van der Waals surface area contributed by atoms with E-state index < -0.39 is 11.8 Å². The molecule has 1 saturated carbocycles. The maximum Gasteiger partial charge on any atom is 0.338 e. The molecule has 0 radical (unpaired) electrons. The molecule has 4 heteroatoms. The molecule has 3 nitrogen and oxygen atoms in total. The van der Waals surface area contributed by atoms with E-state index in [2.05, 4.69) is 13.8 Å². The van der Waals surface area contributed by atoms with Gasteiger partial charge in [-0.3, -0.25) is 0 Å². The standard InChI is InChI=1S/C16H21FO3/c1-10-5-11(2)7-13(6-10)20-9-12-3-4-14(16(18)19)15(17)8-12/h3-4,8,10-11,13H,5-7,9H2,1-2H3,(H,18,19). The molecule has 2 rings (SSSR count). The fourth-order valence-corrected chi connectivity index (χ4v) is 3.05. The lowest BCUT2D eigenvalue weighted by Gasteiger charge is -2.31. The molecule has 1 fully saturated rings. The van der Waals surface area contributed by atoms with Crippen LogP contribution in [0.3, 0.4) is 0 Å². The predicted molar refractivity (Wildman–Crippen MR) is 74.1 cm³/mol. The van der Waals surface area contributed by atoms with Gasteiger partial charge in [0.2, 0.25) is 0 Å². The predicted octanol–water partition coefficient (Wildman–Crippen LogP) is 3.87. The summed E-state index contributed by atoms with van der Waals surface area (Å²) in [4.78, 5) is 10.7. The van der Waals surface area contributed by atoms with E-state index in [1.54, 1.807) is 6.07 Å². The van der Waals surface area contributed by atoms with Gasteiger partial charge in [0.25, 0.3) is 0 Å². The summed E-state index contributed by atoms with van der Waals surface area (Å²) in [5, 5.41) is 8.78. The van der Waals surface area contributed by atoms with Crippen LogP contribution in [0.4, 0.5) is 4.39 Å². The summed E-state index contributed by atoms with van der Waals surface area (Å²) in [5.74, 6) is -0.626. The Morgan fingerprint density at radius 2 is 1.95 bits per heavy atom. The maximum atomic E-state index is 13.6. The number of benzene rings is 1. The summed E-state index contributed by atoms with van der Waals surface area (Å²) < 4.78 is 19.4.